The van der Waals surface area contributed by atoms with Crippen LogP contribution in [-0.2, 0) is 10.8 Å². The molecule has 130 valence electrons. The van der Waals surface area contributed by atoms with Crippen LogP contribution in [0.25, 0.3) is 0 Å². The van der Waals surface area contributed by atoms with Crippen molar-refractivity contribution in [3.8, 4) is 11.5 Å². The third-order valence-electron chi connectivity index (χ3n) is 4.29. The van der Waals surface area contributed by atoms with Gasteiger partial charge in [0.1, 0.15) is 17.3 Å². The van der Waals surface area contributed by atoms with E-state index in [0.717, 1.165) is 28.2 Å². The molecular formula is C22H29FO. The average Bonchev–Trinajstić information content (AvgIpc) is 2.40. The normalized spacial score (nSPS) is 12.4. The molecule has 24 heavy (non-hydrogen) atoms. The summed E-state index contributed by atoms with van der Waals surface area (Å²) in [5, 5.41) is 0. The van der Waals surface area contributed by atoms with Crippen molar-refractivity contribution < 1.29 is 9.13 Å². The Labute approximate surface area is 145 Å². The van der Waals surface area contributed by atoms with E-state index >= 15 is 0 Å². The summed E-state index contributed by atoms with van der Waals surface area (Å²) in [4.78, 5) is 0. The Morgan fingerprint density at radius 3 is 1.79 bits per heavy atom. The van der Waals surface area contributed by atoms with Gasteiger partial charge in [0.15, 0.2) is 0 Å². The van der Waals surface area contributed by atoms with E-state index in [1.807, 2.05) is 19.9 Å². The molecule has 0 atom stereocenters. The van der Waals surface area contributed by atoms with Gasteiger partial charge in [-0.25, -0.2) is 4.39 Å². The predicted molar refractivity (Wildman–Crippen MR) is 99.8 cm³/mol. The highest BCUT2D eigenvalue weighted by molar-refractivity contribution is 5.49. The van der Waals surface area contributed by atoms with E-state index in [-0.39, 0.29) is 16.6 Å². The molecule has 0 N–H and O–H groups in total. The van der Waals surface area contributed by atoms with Crippen molar-refractivity contribution >= 4 is 0 Å². The second-order valence-corrected chi connectivity index (χ2v) is 8.68. The van der Waals surface area contributed by atoms with Crippen LogP contribution in [0, 0.1) is 19.7 Å². The van der Waals surface area contributed by atoms with Crippen LogP contribution < -0.4 is 4.74 Å². The molecule has 0 saturated heterocycles. The second kappa shape index (κ2) is 6.23. The van der Waals surface area contributed by atoms with Crippen molar-refractivity contribution in [1.29, 1.82) is 0 Å². The lowest BCUT2D eigenvalue weighted by molar-refractivity contribution is 0.446. The van der Waals surface area contributed by atoms with E-state index < -0.39 is 0 Å². The molecular weight excluding hydrogens is 299 g/mol. The summed E-state index contributed by atoms with van der Waals surface area (Å²) in [6.07, 6.45) is 0. The van der Waals surface area contributed by atoms with Crippen LogP contribution in [0.2, 0.25) is 0 Å². The molecule has 2 aromatic carbocycles. The van der Waals surface area contributed by atoms with Crippen LogP contribution >= 0.6 is 0 Å². The zero-order valence-corrected chi connectivity index (χ0v) is 16.2. The lowest BCUT2D eigenvalue weighted by Crippen LogP contribution is -2.17. The molecule has 0 unspecified atom stereocenters. The van der Waals surface area contributed by atoms with E-state index in [9.17, 15) is 4.39 Å². The van der Waals surface area contributed by atoms with Gasteiger partial charge in [-0.1, -0.05) is 53.7 Å². The van der Waals surface area contributed by atoms with Gasteiger partial charge in [0.25, 0.3) is 0 Å². The Morgan fingerprint density at radius 2 is 1.33 bits per heavy atom. The highest BCUT2D eigenvalue weighted by atomic mass is 19.1. The Kier molecular flexibility index (Phi) is 4.81. The summed E-state index contributed by atoms with van der Waals surface area (Å²) in [6, 6.07) is 9.44. The number of hydrogen-bond donors (Lipinski definition) is 0. The maximum atomic E-state index is 13.5. The third kappa shape index (κ3) is 3.98. The zero-order valence-electron chi connectivity index (χ0n) is 16.2. The lowest BCUT2D eigenvalue weighted by Gasteiger charge is -2.27. The number of hydrogen-bond acceptors (Lipinski definition) is 1. The number of halogens is 1. The summed E-state index contributed by atoms with van der Waals surface area (Å²) in [5.41, 5.74) is 4.11. The fourth-order valence-corrected chi connectivity index (χ4v) is 2.84. The fraction of sp³-hybridized carbons (Fsp3) is 0.455. The Morgan fingerprint density at radius 1 is 0.792 bits per heavy atom. The fourth-order valence-electron chi connectivity index (χ4n) is 2.84. The van der Waals surface area contributed by atoms with Gasteiger partial charge in [0.2, 0.25) is 0 Å². The van der Waals surface area contributed by atoms with Gasteiger partial charge < -0.3 is 4.74 Å². The van der Waals surface area contributed by atoms with Crippen molar-refractivity contribution in [2.45, 2.75) is 66.2 Å². The molecule has 2 rings (SSSR count). The maximum Gasteiger partial charge on any atom is 0.133 e. The highest BCUT2D eigenvalue weighted by Crippen LogP contribution is 2.39. The summed E-state index contributed by atoms with van der Waals surface area (Å²) < 4.78 is 19.8. The van der Waals surface area contributed by atoms with Crippen LogP contribution in [0.1, 0.15) is 63.8 Å². The van der Waals surface area contributed by atoms with E-state index in [2.05, 4.69) is 53.7 Å². The Balaban J connectivity index is 2.55. The Bertz CT molecular complexity index is 723. The van der Waals surface area contributed by atoms with Crippen LogP contribution in [0.5, 0.6) is 11.5 Å². The van der Waals surface area contributed by atoms with Gasteiger partial charge in [-0.05, 0) is 59.6 Å². The molecule has 0 saturated carbocycles. The average molecular weight is 328 g/mol. The summed E-state index contributed by atoms with van der Waals surface area (Å²) in [7, 11) is 0. The van der Waals surface area contributed by atoms with E-state index in [4.69, 9.17) is 4.74 Å². The van der Waals surface area contributed by atoms with E-state index in [0.29, 0.717) is 0 Å². The van der Waals surface area contributed by atoms with Gasteiger partial charge in [0.05, 0.1) is 0 Å². The summed E-state index contributed by atoms with van der Waals surface area (Å²) >= 11 is 0. The maximum absolute atomic E-state index is 13.5. The first-order valence-corrected chi connectivity index (χ1v) is 8.49. The first-order chi connectivity index (χ1) is 10.9. The van der Waals surface area contributed by atoms with Crippen LogP contribution in [0.15, 0.2) is 30.3 Å². The minimum atomic E-state index is -0.225. The van der Waals surface area contributed by atoms with Crippen molar-refractivity contribution in [2.24, 2.45) is 0 Å². The standard InChI is InChI=1S/C22H29FO/c1-14-11-17(23)12-15(2)20(14)24-19-10-9-16(21(3,4)5)13-18(19)22(6,7)8/h9-13H,1-8H3. The molecule has 0 radical (unpaired) electrons. The molecule has 0 aliphatic heterocycles. The molecule has 0 fully saturated rings. The molecule has 2 heteroatoms. The van der Waals surface area contributed by atoms with Gasteiger partial charge in [-0.3, -0.25) is 0 Å². The number of rotatable bonds is 2. The predicted octanol–water partition coefficient (Wildman–Crippen LogP) is 6.83. The van der Waals surface area contributed by atoms with Crippen molar-refractivity contribution in [1.82, 2.24) is 0 Å². The van der Waals surface area contributed by atoms with Gasteiger partial charge in [-0.15, -0.1) is 0 Å². The van der Waals surface area contributed by atoms with Crippen molar-refractivity contribution in [3.63, 3.8) is 0 Å². The first-order valence-electron chi connectivity index (χ1n) is 8.49. The summed E-state index contributed by atoms with van der Waals surface area (Å²) in [5.74, 6) is 1.36. The van der Waals surface area contributed by atoms with Crippen LogP contribution in [0.4, 0.5) is 4.39 Å². The SMILES string of the molecule is Cc1cc(F)cc(C)c1Oc1ccc(C(C)(C)C)cc1C(C)(C)C. The van der Waals surface area contributed by atoms with Gasteiger partial charge in [0, 0.05) is 5.56 Å². The zero-order chi connectivity index (χ0) is 18.3. The van der Waals surface area contributed by atoms with Crippen LogP contribution in [0.3, 0.4) is 0 Å². The molecule has 1 nitrogen and oxygen atoms in total. The topological polar surface area (TPSA) is 9.23 Å². The molecule has 0 aromatic heterocycles. The quantitative estimate of drug-likeness (QED) is 0.587. The van der Waals surface area contributed by atoms with Crippen LogP contribution in [-0.4, -0.2) is 0 Å². The third-order valence-corrected chi connectivity index (χ3v) is 4.29. The van der Waals surface area contributed by atoms with Gasteiger partial charge in [-0.2, -0.15) is 0 Å². The van der Waals surface area contributed by atoms with Crippen molar-refractivity contribution in [2.75, 3.05) is 0 Å². The number of benzene rings is 2. The summed E-state index contributed by atoms with van der Waals surface area (Å²) in [6.45, 7) is 17.0. The monoisotopic (exact) mass is 328 g/mol. The molecule has 0 heterocycles. The number of ether oxygens (including phenoxy) is 1. The minimum absolute atomic E-state index is 0.0432. The van der Waals surface area contributed by atoms with E-state index in [1.54, 1.807) is 0 Å². The molecule has 2 aromatic rings. The smallest absolute Gasteiger partial charge is 0.133 e. The lowest BCUT2D eigenvalue weighted by atomic mass is 9.80. The molecule has 0 bridgehead atoms. The molecule has 0 aliphatic carbocycles. The minimum Gasteiger partial charge on any atom is -0.457 e. The Hall–Kier alpha value is -1.83. The molecule has 0 aliphatic rings. The highest BCUT2D eigenvalue weighted by Gasteiger charge is 2.24. The van der Waals surface area contributed by atoms with Crippen molar-refractivity contribution in [3.05, 3.63) is 58.4 Å². The molecule has 0 amide bonds. The second-order valence-electron chi connectivity index (χ2n) is 8.68. The molecule has 0 spiro atoms. The number of aryl methyl sites for hydroxylation is 2. The van der Waals surface area contributed by atoms with E-state index in [1.165, 1.54) is 17.7 Å². The first kappa shape index (κ1) is 18.5. The largest absolute Gasteiger partial charge is 0.457 e. The van der Waals surface area contributed by atoms with Gasteiger partial charge >= 0.3 is 0 Å².